The minimum absolute atomic E-state index is 0.0119. The van der Waals surface area contributed by atoms with Gasteiger partial charge in [-0.3, -0.25) is 4.40 Å². The molecule has 3 aromatic rings. The van der Waals surface area contributed by atoms with E-state index < -0.39 is 12.2 Å². The predicted octanol–water partition coefficient (Wildman–Crippen LogP) is 4.82. The third kappa shape index (κ3) is 4.16. The van der Waals surface area contributed by atoms with Crippen LogP contribution in [0.25, 0.3) is 16.9 Å². The zero-order chi connectivity index (χ0) is 19.5. The van der Waals surface area contributed by atoms with E-state index in [-0.39, 0.29) is 6.54 Å². The zero-order valence-corrected chi connectivity index (χ0v) is 16.0. The lowest BCUT2D eigenvalue weighted by Gasteiger charge is -2.25. The first kappa shape index (κ1) is 18.5. The molecule has 2 aromatic heterocycles. The number of carbonyl (C=O) groups is 1. The number of fused-ring (bicyclic) bond motifs is 1. The molecular weight excluding hydrogens is 355 g/mol. The fourth-order valence-electron chi connectivity index (χ4n) is 3.56. The molecule has 2 N–H and O–H groups in total. The normalized spacial score (nSPS) is 15.2. The number of nitrogens with zero attached hydrogens (tertiary/aromatic N) is 2. The molecule has 0 spiro atoms. The molecule has 1 unspecified atom stereocenters. The van der Waals surface area contributed by atoms with E-state index in [1.54, 1.807) is 0 Å². The summed E-state index contributed by atoms with van der Waals surface area (Å²) in [6.07, 6.45) is 8.00. The summed E-state index contributed by atoms with van der Waals surface area (Å²) in [5.74, 6) is 0.825. The summed E-state index contributed by atoms with van der Waals surface area (Å²) in [6, 6.07) is 11.5. The van der Waals surface area contributed by atoms with E-state index in [1.165, 1.54) is 31.7 Å². The SMILES string of the molecule is CC(F)CNC(=O)Nc1cccc(-c2cnc3cc(CC4CCC4)ccn23)c1. The molecule has 4 rings (SSSR count). The highest BCUT2D eigenvalue weighted by Gasteiger charge is 2.18. The second kappa shape index (κ2) is 8.00. The number of nitrogens with one attached hydrogen (secondary N) is 2. The minimum Gasteiger partial charge on any atom is -0.335 e. The van der Waals surface area contributed by atoms with Crippen LogP contribution < -0.4 is 10.6 Å². The molecule has 0 aliphatic heterocycles. The summed E-state index contributed by atoms with van der Waals surface area (Å²) in [5.41, 5.74) is 4.84. The molecule has 2 heterocycles. The number of halogens is 1. The molecule has 1 saturated carbocycles. The maximum Gasteiger partial charge on any atom is 0.319 e. The van der Waals surface area contributed by atoms with Gasteiger partial charge in [0.25, 0.3) is 0 Å². The molecule has 1 aliphatic rings. The molecule has 146 valence electrons. The number of aromatic nitrogens is 2. The lowest BCUT2D eigenvalue weighted by molar-refractivity contribution is 0.247. The first-order valence-electron chi connectivity index (χ1n) is 9.84. The third-order valence-electron chi connectivity index (χ3n) is 5.29. The maximum atomic E-state index is 12.9. The molecule has 1 fully saturated rings. The number of imidazole rings is 1. The van der Waals surface area contributed by atoms with Crippen molar-refractivity contribution in [2.24, 2.45) is 5.92 Å². The van der Waals surface area contributed by atoms with Crippen LogP contribution in [-0.2, 0) is 6.42 Å². The Morgan fingerprint density at radius 2 is 2.18 bits per heavy atom. The molecule has 6 heteroatoms. The van der Waals surface area contributed by atoms with Gasteiger partial charge in [-0.25, -0.2) is 14.2 Å². The Kier molecular flexibility index (Phi) is 5.28. The lowest BCUT2D eigenvalue weighted by Crippen LogP contribution is -2.32. The molecule has 1 aliphatic carbocycles. The van der Waals surface area contributed by atoms with Gasteiger partial charge in [0, 0.05) is 17.4 Å². The molecule has 1 atom stereocenters. The fraction of sp³-hybridized carbons (Fsp3) is 0.364. The summed E-state index contributed by atoms with van der Waals surface area (Å²) in [6.45, 7) is 1.39. The predicted molar refractivity (Wildman–Crippen MR) is 109 cm³/mol. The van der Waals surface area contributed by atoms with Crippen molar-refractivity contribution in [2.45, 2.75) is 38.8 Å². The van der Waals surface area contributed by atoms with E-state index in [4.69, 9.17) is 0 Å². The number of pyridine rings is 1. The van der Waals surface area contributed by atoms with Gasteiger partial charge in [0.2, 0.25) is 0 Å². The largest absolute Gasteiger partial charge is 0.335 e. The number of anilines is 1. The molecule has 5 nitrogen and oxygen atoms in total. The summed E-state index contributed by atoms with van der Waals surface area (Å²) in [5, 5.41) is 5.25. The lowest BCUT2D eigenvalue weighted by atomic mass is 9.81. The van der Waals surface area contributed by atoms with Crippen molar-refractivity contribution in [1.82, 2.24) is 14.7 Å². The van der Waals surface area contributed by atoms with Crippen LogP contribution in [0, 0.1) is 5.92 Å². The second-order valence-electron chi connectivity index (χ2n) is 7.60. The summed E-state index contributed by atoms with van der Waals surface area (Å²) in [7, 11) is 0. The number of rotatable bonds is 6. The van der Waals surface area contributed by atoms with Crippen LogP contribution in [0.5, 0.6) is 0 Å². The highest BCUT2D eigenvalue weighted by molar-refractivity contribution is 5.90. The van der Waals surface area contributed by atoms with E-state index in [9.17, 15) is 9.18 Å². The van der Waals surface area contributed by atoms with Crippen molar-refractivity contribution in [3.63, 3.8) is 0 Å². The van der Waals surface area contributed by atoms with Crippen molar-refractivity contribution in [2.75, 3.05) is 11.9 Å². The van der Waals surface area contributed by atoms with Gasteiger partial charge >= 0.3 is 6.03 Å². The van der Waals surface area contributed by atoms with E-state index in [1.807, 2.05) is 30.5 Å². The molecule has 28 heavy (non-hydrogen) atoms. The Morgan fingerprint density at radius 3 is 2.93 bits per heavy atom. The van der Waals surface area contributed by atoms with Crippen molar-refractivity contribution >= 4 is 17.4 Å². The van der Waals surface area contributed by atoms with Gasteiger partial charge in [0.05, 0.1) is 18.4 Å². The molecule has 1 aromatic carbocycles. The highest BCUT2D eigenvalue weighted by atomic mass is 19.1. The van der Waals surface area contributed by atoms with Gasteiger partial charge in [0.1, 0.15) is 11.8 Å². The van der Waals surface area contributed by atoms with Gasteiger partial charge in [-0.1, -0.05) is 31.4 Å². The molecule has 0 bridgehead atoms. The van der Waals surface area contributed by atoms with Crippen LogP contribution in [0.15, 0.2) is 48.8 Å². The number of carbonyl (C=O) groups excluding carboxylic acids is 1. The Bertz CT molecular complexity index is 978. The van der Waals surface area contributed by atoms with Crippen LogP contribution >= 0.6 is 0 Å². The van der Waals surface area contributed by atoms with E-state index in [0.29, 0.717) is 5.69 Å². The number of urea groups is 1. The van der Waals surface area contributed by atoms with Gasteiger partial charge in [-0.2, -0.15) is 0 Å². The Morgan fingerprint density at radius 1 is 1.32 bits per heavy atom. The minimum atomic E-state index is -1.08. The highest BCUT2D eigenvalue weighted by Crippen LogP contribution is 2.30. The second-order valence-corrected chi connectivity index (χ2v) is 7.60. The number of benzene rings is 1. The zero-order valence-electron chi connectivity index (χ0n) is 16.0. The van der Waals surface area contributed by atoms with E-state index >= 15 is 0 Å². The van der Waals surface area contributed by atoms with Crippen LogP contribution in [0.2, 0.25) is 0 Å². The Hall–Kier alpha value is -2.89. The van der Waals surface area contributed by atoms with E-state index in [2.05, 4.69) is 38.3 Å². The van der Waals surface area contributed by atoms with E-state index in [0.717, 1.165) is 29.2 Å². The Balaban J connectivity index is 1.52. The summed E-state index contributed by atoms with van der Waals surface area (Å²) < 4.78 is 14.9. The Labute approximate surface area is 164 Å². The first-order valence-corrected chi connectivity index (χ1v) is 9.84. The molecule has 0 radical (unpaired) electrons. The van der Waals surface area contributed by atoms with Crippen LogP contribution in [0.3, 0.4) is 0 Å². The van der Waals surface area contributed by atoms with Crippen molar-refractivity contribution in [3.05, 3.63) is 54.4 Å². The van der Waals surface area contributed by atoms with Crippen LogP contribution in [-0.4, -0.2) is 28.1 Å². The number of hydrogen-bond acceptors (Lipinski definition) is 2. The quantitative estimate of drug-likeness (QED) is 0.644. The summed E-state index contributed by atoms with van der Waals surface area (Å²) in [4.78, 5) is 16.4. The summed E-state index contributed by atoms with van der Waals surface area (Å²) >= 11 is 0. The van der Waals surface area contributed by atoms with Gasteiger partial charge < -0.3 is 10.6 Å². The topological polar surface area (TPSA) is 58.4 Å². The fourth-order valence-corrected chi connectivity index (χ4v) is 3.56. The van der Waals surface area contributed by atoms with Crippen LogP contribution in [0.4, 0.5) is 14.9 Å². The average Bonchev–Trinajstić information content (AvgIpc) is 3.06. The molecular formula is C22H25FN4O. The first-order chi connectivity index (χ1) is 13.6. The number of amides is 2. The average molecular weight is 380 g/mol. The number of hydrogen-bond donors (Lipinski definition) is 2. The monoisotopic (exact) mass is 380 g/mol. The molecule has 0 saturated heterocycles. The van der Waals surface area contributed by atoms with Crippen molar-refractivity contribution in [3.8, 4) is 11.3 Å². The maximum absolute atomic E-state index is 12.9. The standard InChI is InChI=1S/C22H25FN4O/c1-15(23)13-25-22(28)26-19-7-3-6-18(12-19)20-14-24-21-11-17(8-9-27(20)21)10-16-4-2-5-16/h3,6-9,11-12,14-16H,2,4-5,10,13H2,1H3,(H2,25,26,28). The molecule has 2 amide bonds. The third-order valence-corrected chi connectivity index (χ3v) is 5.29. The number of alkyl halides is 1. The van der Waals surface area contributed by atoms with Gasteiger partial charge in [-0.15, -0.1) is 0 Å². The van der Waals surface area contributed by atoms with Crippen LogP contribution in [0.1, 0.15) is 31.7 Å². The van der Waals surface area contributed by atoms with Crippen molar-refractivity contribution < 1.29 is 9.18 Å². The van der Waals surface area contributed by atoms with Crippen molar-refractivity contribution in [1.29, 1.82) is 0 Å². The smallest absolute Gasteiger partial charge is 0.319 e. The van der Waals surface area contributed by atoms with Gasteiger partial charge in [-0.05, 0) is 49.1 Å². The van der Waals surface area contributed by atoms with Gasteiger partial charge in [0.15, 0.2) is 0 Å².